The van der Waals surface area contributed by atoms with Crippen molar-refractivity contribution in [3.8, 4) is 5.75 Å². The van der Waals surface area contributed by atoms with Crippen molar-refractivity contribution in [3.63, 3.8) is 0 Å². The number of phenols is 1. The molecule has 100 valence electrons. The Hall–Kier alpha value is -2.07. The number of ether oxygens (including phenoxy) is 1. The lowest BCUT2D eigenvalue weighted by Crippen LogP contribution is -2.00. The van der Waals surface area contributed by atoms with Gasteiger partial charge in [0.25, 0.3) is 0 Å². The van der Waals surface area contributed by atoms with E-state index in [2.05, 4.69) is 5.32 Å². The molecule has 2 aromatic rings. The van der Waals surface area contributed by atoms with Gasteiger partial charge in [0.2, 0.25) is 0 Å². The van der Waals surface area contributed by atoms with Gasteiger partial charge < -0.3 is 15.2 Å². The Morgan fingerprint density at radius 1 is 1.16 bits per heavy atom. The molecule has 0 aromatic heterocycles. The molecule has 0 heterocycles. The van der Waals surface area contributed by atoms with Gasteiger partial charge in [-0.2, -0.15) is 0 Å². The zero-order valence-corrected chi connectivity index (χ0v) is 10.7. The van der Waals surface area contributed by atoms with Crippen molar-refractivity contribution in [3.05, 3.63) is 59.4 Å². The van der Waals surface area contributed by atoms with E-state index in [4.69, 9.17) is 9.84 Å². The lowest BCUT2D eigenvalue weighted by molar-refractivity contribution is 0.185. The minimum absolute atomic E-state index is 0.328. The summed E-state index contributed by atoms with van der Waals surface area (Å²) in [5, 5.41) is 12.3. The Balaban J connectivity index is 2.01. The van der Waals surface area contributed by atoms with Gasteiger partial charge in [0.05, 0.1) is 6.61 Å². The maximum Gasteiger partial charge on any atom is 0.165 e. The zero-order valence-electron chi connectivity index (χ0n) is 10.7. The lowest BCUT2D eigenvalue weighted by atomic mass is 10.2. The molecule has 0 spiro atoms. The molecule has 2 rings (SSSR count). The molecule has 0 unspecified atom stereocenters. The van der Waals surface area contributed by atoms with Crippen LogP contribution in [0.2, 0.25) is 0 Å². The van der Waals surface area contributed by atoms with Crippen molar-refractivity contribution in [1.29, 1.82) is 0 Å². The van der Waals surface area contributed by atoms with E-state index in [1.807, 2.05) is 24.3 Å². The molecule has 3 nitrogen and oxygen atoms in total. The van der Waals surface area contributed by atoms with Gasteiger partial charge in [-0.3, -0.25) is 0 Å². The first-order valence-electron chi connectivity index (χ1n) is 5.98. The molecule has 0 saturated heterocycles. The van der Waals surface area contributed by atoms with Crippen LogP contribution in [-0.2, 0) is 17.9 Å². The minimum Gasteiger partial charge on any atom is -0.505 e. The molecule has 2 aromatic carbocycles. The standard InChI is InChI=1S/C15H16FNO2/c1-19-10-12-3-2-4-13(7-12)17-9-11-5-6-15(18)14(16)8-11/h2-8,17-18H,9-10H2,1H3. The van der Waals surface area contributed by atoms with Gasteiger partial charge in [0.1, 0.15) is 0 Å². The van der Waals surface area contributed by atoms with Gasteiger partial charge >= 0.3 is 0 Å². The Labute approximate surface area is 111 Å². The van der Waals surface area contributed by atoms with Crippen molar-refractivity contribution in [2.45, 2.75) is 13.2 Å². The molecule has 0 saturated carbocycles. The number of phenolic OH excluding ortho intramolecular Hbond substituents is 1. The third-order valence-electron chi connectivity index (χ3n) is 2.75. The summed E-state index contributed by atoms with van der Waals surface area (Å²) in [7, 11) is 1.65. The van der Waals surface area contributed by atoms with Crippen LogP contribution in [0.4, 0.5) is 10.1 Å². The first-order valence-corrected chi connectivity index (χ1v) is 5.98. The smallest absolute Gasteiger partial charge is 0.165 e. The molecule has 4 heteroatoms. The van der Waals surface area contributed by atoms with Crippen molar-refractivity contribution in [2.24, 2.45) is 0 Å². The summed E-state index contributed by atoms with van der Waals surface area (Å²) in [6, 6.07) is 12.2. The number of aromatic hydroxyl groups is 1. The monoisotopic (exact) mass is 261 g/mol. The number of halogens is 1. The average Bonchev–Trinajstić information content (AvgIpc) is 2.41. The number of methoxy groups -OCH3 is 1. The molecular weight excluding hydrogens is 245 g/mol. The second-order valence-electron chi connectivity index (χ2n) is 4.27. The summed E-state index contributed by atoms with van der Waals surface area (Å²) in [6.45, 7) is 1.05. The Morgan fingerprint density at radius 2 is 2.00 bits per heavy atom. The van der Waals surface area contributed by atoms with E-state index in [0.717, 1.165) is 16.8 Å². The van der Waals surface area contributed by atoms with Gasteiger partial charge in [0, 0.05) is 19.3 Å². The van der Waals surface area contributed by atoms with Crippen molar-refractivity contribution >= 4 is 5.69 Å². The predicted octanol–water partition coefficient (Wildman–Crippen LogP) is 3.29. The van der Waals surface area contributed by atoms with Crippen LogP contribution in [0.3, 0.4) is 0 Å². The number of hydrogen-bond acceptors (Lipinski definition) is 3. The summed E-state index contributed by atoms with van der Waals surface area (Å²) >= 11 is 0. The maximum absolute atomic E-state index is 13.2. The summed E-state index contributed by atoms with van der Waals surface area (Å²) in [5.74, 6) is -0.932. The molecule has 0 atom stereocenters. The second kappa shape index (κ2) is 6.20. The third-order valence-corrected chi connectivity index (χ3v) is 2.75. The van der Waals surface area contributed by atoms with Gasteiger partial charge in [-0.15, -0.1) is 0 Å². The van der Waals surface area contributed by atoms with E-state index in [1.54, 1.807) is 13.2 Å². The van der Waals surface area contributed by atoms with Crippen LogP contribution in [-0.4, -0.2) is 12.2 Å². The maximum atomic E-state index is 13.2. The average molecular weight is 261 g/mol. The van der Waals surface area contributed by atoms with E-state index in [-0.39, 0.29) is 5.75 Å². The Bertz CT molecular complexity index is 558. The number of hydrogen-bond donors (Lipinski definition) is 2. The molecule has 0 fully saturated rings. The quantitative estimate of drug-likeness (QED) is 0.867. The van der Waals surface area contributed by atoms with Crippen LogP contribution in [0, 0.1) is 5.82 Å². The molecule has 0 aliphatic carbocycles. The van der Waals surface area contributed by atoms with Crippen LogP contribution < -0.4 is 5.32 Å². The fraction of sp³-hybridized carbons (Fsp3) is 0.200. The van der Waals surface area contributed by atoms with Gasteiger partial charge in [-0.1, -0.05) is 18.2 Å². The van der Waals surface area contributed by atoms with Crippen molar-refractivity contribution < 1.29 is 14.2 Å². The van der Waals surface area contributed by atoms with Crippen molar-refractivity contribution in [1.82, 2.24) is 0 Å². The second-order valence-corrected chi connectivity index (χ2v) is 4.27. The first kappa shape index (κ1) is 13.4. The van der Waals surface area contributed by atoms with E-state index >= 15 is 0 Å². The van der Waals surface area contributed by atoms with Gasteiger partial charge in [-0.05, 0) is 35.4 Å². The lowest BCUT2D eigenvalue weighted by Gasteiger charge is -2.09. The number of benzene rings is 2. The SMILES string of the molecule is COCc1cccc(NCc2ccc(O)c(F)c2)c1. The molecule has 0 amide bonds. The molecule has 2 N–H and O–H groups in total. The summed E-state index contributed by atoms with van der Waals surface area (Å²) < 4.78 is 18.2. The molecule has 0 bridgehead atoms. The largest absolute Gasteiger partial charge is 0.505 e. The summed E-state index contributed by atoms with van der Waals surface area (Å²) in [5.41, 5.74) is 2.79. The number of anilines is 1. The highest BCUT2D eigenvalue weighted by Crippen LogP contribution is 2.18. The van der Waals surface area contributed by atoms with Crippen LogP contribution in [0.15, 0.2) is 42.5 Å². The van der Waals surface area contributed by atoms with E-state index in [1.165, 1.54) is 12.1 Å². The van der Waals surface area contributed by atoms with Crippen LogP contribution in [0.25, 0.3) is 0 Å². The Morgan fingerprint density at radius 3 is 2.74 bits per heavy atom. The van der Waals surface area contributed by atoms with E-state index in [0.29, 0.717) is 13.2 Å². The topological polar surface area (TPSA) is 41.5 Å². The first-order chi connectivity index (χ1) is 9.19. The minimum atomic E-state index is -0.604. The normalized spacial score (nSPS) is 10.4. The van der Waals surface area contributed by atoms with Crippen LogP contribution in [0.5, 0.6) is 5.75 Å². The highest BCUT2D eigenvalue weighted by Gasteiger charge is 2.02. The zero-order chi connectivity index (χ0) is 13.7. The van der Waals surface area contributed by atoms with Crippen LogP contribution in [0.1, 0.15) is 11.1 Å². The number of nitrogens with one attached hydrogen (secondary N) is 1. The Kier molecular flexibility index (Phi) is 4.36. The third kappa shape index (κ3) is 3.69. The molecule has 0 aliphatic rings. The predicted molar refractivity (Wildman–Crippen MR) is 72.5 cm³/mol. The summed E-state index contributed by atoms with van der Waals surface area (Å²) in [4.78, 5) is 0. The molecule has 0 aliphatic heterocycles. The molecular formula is C15H16FNO2. The fourth-order valence-corrected chi connectivity index (χ4v) is 1.80. The van der Waals surface area contributed by atoms with Gasteiger partial charge in [0.15, 0.2) is 11.6 Å². The van der Waals surface area contributed by atoms with Crippen LogP contribution >= 0.6 is 0 Å². The highest BCUT2D eigenvalue weighted by atomic mass is 19.1. The number of rotatable bonds is 5. The summed E-state index contributed by atoms with van der Waals surface area (Å²) in [6.07, 6.45) is 0. The van der Waals surface area contributed by atoms with E-state index < -0.39 is 5.82 Å². The fourth-order valence-electron chi connectivity index (χ4n) is 1.80. The van der Waals surface area contributed by atoms with Gasteiger partial charge in [-0.25, -0.2) is 4.39 Å². The molecule has 19 heavy (non-hydrogen) atoms. The molecule has 0 radical (unpaired) electrons. The van der Waals surface area contributed by atoms with E-state index in [9.17, 15) is 4.39 Å². The highest BCUT2D eigenvalue weighted by molar-refractivity contribution is 5.46. The van der Waals surface area contributed by atoms with Crippen molar-refractivity contribution in [2.75, 3.05) is 12.4 Å².